The van der Waals surface area contributed by atoms with Crippen LogP contribution < -0.4 is 5.32 Å². The minimum Gasteiger partial charge on any atom is -0.323 e. The van der Waals surface area contributed by atoms with Crippen molar-refractivity contribution in [2.24, 2.45) is 0 Å². The number of benzene rings is 2. The van der Waals surface area contributed by atoms with Gasteiger partial charge in [-0.3, -0.25) is 0 Å². The fourth-order valence-corrected chi connectivity index (χ4v) is 3.79. The van der Waals surface area contributed by atoms with Crippen LogP contribution in [0.1, 0.15) is 33.9 Å². The number of halogens is 1. The fourth-order valence-electron chi connectivity index (χ4n) is 3.79. The molecule has 1 fully saturated rings. The van der Waals surface area contributed by atoms with E-state index in [4.69, 9.17) is 0 Å². The topological polar surface area (TPSA) is 35.6 Å². The van der Waals surface area contributed by atoms with E-state index in [1.54, 1.807) is 11.0 Å². The van der Waals surface area contributed by atoms with Crippen LogP contribution in [0.25, 0.3) is 0 Å². The van der Waals surface area contributed by atoms with Crippen molar-refractivity contribution in [1.29, 1.82) is 0 Å². The van der Waals surface area contributed by atoms with E-state index in [0.717, 1.165) is 23.2 Å². The Morgan fingerprint density at radius 1 is 1.19 bits per heavy atom. The Morgan fingerprint density at radius 2 is 1.96 bits per heavy atom. The van der Waals surface area contributed by atoms with E-state index < -0.39 is 0 Å². The van der Waals surface area contributed by atoms with E-state index in [1.807, 2.05) is 18.9 Å². The van der Waals surface area contributed by atoms with Crippen LogP contribution in [0.4, 0.5) is 9.18 Å². The van der Waals surface area contributed by atoms with Crippen LogP contribution in [0, 0.1) is 26.6 Å². The summed E-state index contributed by atoms with van der Waals surface area (Å²) in [5.41, 5.74) is 5.44. The first-order valence-corrected chi connectivity index (χ1v) is 9.41. The van der Waals surface area contributed by atoms with Gasteiger partial charge in [0.15, 0.2) is 0 Å². The van der Waals surface area contributed by atoms with Gasteiger partial charge in [0.1, 0.15) is 5.82 Å². The maximum absolute atomic E-state index is 13.5. The van der Waals surface area contributed by atoms with Gasteiger partial charge in [0.05, 0.1) is 6.04 Å². The van der Waals surface area contributed by atoms with Crippen LogP contribution in [0.15, 0.2) is 36.4 Å². The summed E-state index contributed by atoms with van der Waals surface area (Å²) in [5.74, 6) is -0.246. The predicted octanol–water partition coefficient (Wildman–Crippen LogP) is 3.95. The predicted molar refractivity (Wildman–Crippen MR) is 106 cm³/mol. The number of carbonyl (C=O) groups excluding carboxylic acids is 1. The lowest BCUT2D eigenvalue weighted by Gasteiger charge is -2.39. The first-order valence-electron chi connectivity index (χ1n) is 9.41. The van der Waals surface area contributed by atoms with E-state index in [1.165, 1.54) is 23.3 Å². The molecule has 4 nitrogen and oxygen atoms in total. The molecule has 1 atom stereocenters. The molecule has 2 aromatic carbocycles. The highest BCUT2D eigenvalue weighted by Gasteiger charge is 2.30. The third-order valence-electron chi connectivity index (χ3n) is 5.31. The van der Waals surface area contributed by atoms with Gasteiger partial charge in [0.2, 0.25) is 0 Å². The molecule has 1 aliphatic heterocycles. The molecule has 1 heterocycles. The van der Waals surface area contributed by atoms with Crippen molar-refractivity contribution >= 4 is 6.03 Å². The summed E-state index contributed by atoms with van der Waals surface area (Å²) in [5, 5.41) is 3.36. The molecule has 0 spiro atoms. The third-order valence-corrected chi connectivity index (χ3v) is 5.31. The van der Waals surface area contributed by atoms with E-state index in [0.29, 0.717) is 19.6 Å². The van der Waals surface area contributed by atoms with Crippen molar-refractivity contribution in [2.45, 2.75) is 33.4 Å². The minimum absolute atomic E-state index is 0.00481. The summed E-state index contributed by atoms with van der Waals surface area (Å²) in [6.07, 6.45) is 0. The van der Waals surface area contributed by atoms with Gasteiger partial charge in [-0.05, 0) is 55.2 Å². The highest BCUT2D eigenvalue weighted by Crippen LogP contribution is 2.27. The summed E-state index contributed by atoms with van der Waals surface area (Å²) < 4.78 is 13.5. The van der Waals surface area contributed by atoms with Crippen molar-refractivity contribution in [2.75, 3.05) is 26.7 Å². The molecule has 1 aliphatic rings. The maximum atomic E-state index is 13.5. The largest absolute Gasteiger partial charge is 0.323 e. The van der Waals surface area contributed by atoms with Crippen molar-refractivity contribution < 1.29 is 9.18 Å². The van der Waals surface area contributed by atoms with E-state index in [-0.39, 0.29) is 17.9 Å². The lowest BCUT2D eigenvalue weighted by Crippen LogP contribution is -2.52. The van der Waals surface area contributed by atoms with Gasteiger partial charge in [-0.25, -0.2) is 9.18 Å². The lowest BCUT2D eigenvalue weighted by atomic mass is 9.98. The maximum Gasteiger partial charge on any atom is 0.320 e. The molecule has 1 saturated heterocycles. The number of nitrogens with one attached hydrogen (secondary N) is 1. The van der Waals surface area contributed by atoms with Crippen LogP contribution in [0.2, 0.25) is 0 Å². The fraction of sp³-hybridized carbons (Fsp3) is 0.409. The SMILES string of the molecule is Cc1ccc(CN(C)C(=O)N2CCNC[C@@H]2c2ccc(F)cc2C)c(C)c1. The van der Waals surface area contributed by atoms with Crippen LogP contribution in [0.5, 0.6) is 0 Å². The Balaban J connectivity index is 1.80. The smallest absolute Gasteiger partial charge is 0.320 e. The molecule has 2 amide bonds. The van der Waals surface area contributed by atoms with E-state index in [2.05, 4.69) is 37.4 Å². The molecule has 0 radical (unpaired) electrons. The number of amides is 2. The minimum atomic E-state index is -0.246. The zero-order valence-electron chi connectivity index (χ0n) is 16.6. The monoisotopic (exact) mass is 369 g/mol. The summed E-state index contributed by atoms with van der Waals surface area (Å²) in [4.78, 5) is 16.9. The Bertz CT molecular complexity index is 836. The third kappa shape index (κ3) is 4.30. The molecule has 5 heteroatoms. The zero-order chi connectivity index (χ0) is 19.6. The average Bonchev–Trinajstić information content (AvgIpc) is 2.63. The highest BCUT2D eigenvalue weighted by atomic mass is 19.1. The molecular formula is C22H28FN3O. The molecule has 0 aromatic heterocycles. The number of hydrogen-bond acceptors (Lipinski definition) is 2. The van der Waals surface area contributed by atoms with E-state index >= 15 is 0 Å². The molecule has 0 bridgehead atoms. The average molecular weight is 369 g/mol. The van der Waals surface area contributed by atoms with Crippen LogP contribution in [0.3, 0.4) is 0 Å². The van der Waals surface area contributed by atoms with Crippen LogP contribution in [-0.4, -0.2) is 42.5 Å². The number of urea groups is 1. The van der Waals surface area contributed by atoms with Crippen molar-refractivity contribution in [3.8, 4) is 0 Å². The van der Waals surface area contributed by atoms with Crippen LogP contribution >= 0.6 is 0 Å². The Kier molecular flexibility index (Phi) is 5.80. The quantitative estimate of drug-likeness (QED) is 0.889. The molecule has 0 aliphatic carbocycles. The zero-order valence-corrected chi connectivity index (χ0v) is 16.6. The van der Waals surface area contributed by atoms with Gasteiger partial charge < -0.3 is 15.1 Å². The summed E-state index contributed by atoms with van der Waals surface area (Å²) in [7, 11) is 1.85. The van der Waals surface area contributed by atoms with Gasteiger partial charge in [-0.2, -0.15) is 0 Å². The number of aryl methyl sites for hydroxylation is 3. The van der Waals surface area contributed by atoms with Crippen molar-refractivity contribution in [3.05, 3.63) is 70.0 Å². The number of rotatable bonds is 3. The molecular weight excluding hydrogens is 341 g/mol. The molecule has 3 rings (SSSR count). The molecule has 0 unspecified atom stereocenters. The standard InChI is InChI=1S/C22H28FN3O/c1-15-5-6-18(16(2)11-15)14-25(4)22(27)26-10-9-24-13-21(26)20-8-7-19(23)12-17(20)3/h5-8,11-12,21,24H,9-10,13-14H2,1-4H3/t21-/m1/s1. The Hall–Kier alpha value is -2.40. The van der Waals surface area contributed by atoms with Crippen LogP contribution in [-0.2, 0) is 6.54 Å². The lowest BCUT2D eigenvalue weighted by molar-refractivity contribution is 0.126. The normalized spacial score (nSPS) is 17.1. The number of hydrogen-bond donors (Lipinski definition) is 1. The van der Waals surface area contributed by atoms with E-state index in [9.17, 15) is 9.18 Å². The summed E-state index contributed by atoms with van der Waals surface area (Å²) in [6, 6.07) is 11.0. The van der Waals surface area contributed by atoms with Crippen molar-refractivity contribution in [1.82, 2.24) is 15.1 Å². The first kappa shape index (κ1) is 19.4. The second-order valence-corrected chi connectivity index (χ2v) is 7.48. The Labute approximate surface area is 161 Å². The van der Waals surface area contributed by atoms with Gasteiger partial charge in [0, 0.05) is 33.2 Å². The van der Waals surface area contributed by atoms with Gasteiger partial charge >= 0.3 is 6.03 Å². The number of piperazine rings is 1. The second kappa shape index (κ2) is 8.09. The van der Waals surface area contributed by atoms with Gasteiger partial charge in [-0.1, -0.05) is 29.8 Å². The molecule has 27 heavy (non-hydrogen) atoms. The van der Waals surface area contributed by atoms with Crippen molar-refractivity contribution in [3.63, 3.8) is 0 Å². The summed E-state index contributed by atoms with van der Waals surface area (Å²) >= 11 is 0. The second-order valence-electron chi connectivity index (χ2n) is 7.48. The first-order chi connectivity index (χ1) is 12.9. The Morgan fingerprint density at radius 3 is 2.67 bits per heavy atom. The molecule has 0 saturated carbocycles. The number of nitrogens with zero attached hydrogens (tertiary/aromatic N) is 2. The van der Waals surface area contributed by atoms with Gasteiger partial charge in [-0.15, -0.1) is 0 Å². The summed E-state index contributed by atoms with van der Waals surface area (Å²) in [6.45, 7) is 8.70. The molecule has 1 N–H and O–H groups in total. The van der Waals surface area contributed by atoms with Gasteiger partial charge in [0.25, 0.3) is 0 Å². The molecule has 144 valence electrons. The molecule has 2 aromatic rings. The number of carbonyl (C=O) groups is 1. The highest BCUT2D eigenvalue weighted by molar-refractivity contribution is 5.75.